The Kier molecular flexibility index (Phi) is 5.17. The molecule has 5 heteroatoms. The summed E-state index contributed by atoms with van der Waals surface area (Å²) in [5.41, 5.74) is 1.10. The SMILES string of the molecule is COc1ccc(/C=C/C(=O)c2ccc(F)c(Cl)c2)cc1OC. The molecule has 0 saturated carbocycles. The van der Waals surface area contributed by atoms with Crippen LogP contribution in [0.2, 0.25) is 5.02 Å². The Labute approximate surface area is 132 Å². The van der Waals surface area contributed by atoms with Gasteiger partial charge in [0.05, 0.1) is 19.2 Å². The monoisotopic (exact) mass is 320 g/mol. The highest BCUT2D eigenvalue weighted by atomic mass is 35.5. The maximum absolute atomic E-state index is 13.1. The first-order valence-corrected chi connectivity index (χ1v) is 6.82. The summed E-state index contributed by atoms with van der Waals surface area (Å²) in [7, 11) is 3.09. The molecule has 2 aromatic rings. The minimum atomic E-state index is -0.554. The summed E-state index contributed by atoms with van der Waals surface area (Å²) < 4.78 is 23.4. The van der Waals surface area contributed by atoms with Crippen molar-refractivity contribution in [2.75, 3.05) is 14.2 Å². The lowest BCUT2D eigenvalue weighted by Crippen LogP contribution is -1.95. The van der Waals surface area contributed by atoms with Crippen molar-refractivity contribution < 1.29 is 18.7 Å². The van der Waals surface area contributed by atoms with Crippen molar-refractivity contribution >= 4 is 23.5 Å². The van der Waals surface area contributed by atoms with E-state index in [4.69, 9.17) is 21.1 Å². The molecule has 0 spiro atoms. The van der Waals surface area contributed by atoms with Gasteiger partial charge in [0, 0.05) is 5.56 Å². The van der Waals surface area contributed by atoms with Gasteiger partial charge >= 0.3 is 0 Å². The average Bonchev–Trinajstić information content (AvgIpc) is 2.54. The Morgan fingerprint density at radius 2 is 1.82 bits per heavy atom. The Morgan fingerprint density at radius 3 is 2.45 bits per heavy atom. The molecule has 0 saturated heterocycles. The highest BCUT2D eigenvalue weighted by molar-refractivity contribution is 6.31. The molecule has 0 aromatic heterocycles. The van der Waals surface area contributed by atoms with Gasteiger partial charge in [-0.25, -0.2) is 4.39 Å². The van der Waals surface area contributed by atoms with Gasteiger partial charge in [0.25, 0.3) is 0 Å². The van der Waals surface area contributed by atoms with E-state index in [1.807, 2.05) is 0 Å². The molecule has 0 unspecified atom stereocenters. The van der Waals surface area contributed by atoms with Crippen molar-refractivity contribution in [2.24, 2.45) is 0 Å². The number of methoxy groups -OCH3 is 2. The van der Waals surface area contributed by atoms with E-state index < -0.39 is 5.82 Å². The molecule has 0 bridgehead atoms. The molecule has 0 aliphatic rings. The van der Waals surface area contributed by atoms with Crippen LogP contribution in [0, 0.1) is 5.82 Å². The summed E-state index contributed by atoms with van der Waals surface area (Å²) in [5.74, 6) is 0.358. The van der Waals surface area contributed by atoms with E-state index in [2.05, 4.69) is 0 Å². The van der Waals surface area contributed by atoms with E-state index in [9.17, 15) is 9.18 Å². The summed E-state index contributed by atoms with van der Waals surface area (Å²) in [5, 5.41) is -0.0784. The highest BCUT2D eigenvalue weighted by Gasteiger charge is 2.07. The fraction of sp³-hybridized carbons (Fsp3) is 0.118. The van der Waals surface area contributed by atoms with Crippen LogP contribution in [-0.2, 0) is 0 Å². The predicted molar refractivity (Wildman–Crippen MR) is 84.3 cm³/mol. The molecule has 0 heterocycles. The number of benzene rings is 2. The third-order valence-corrected chi connectivity index (χ3v) is 3.33. The van der Waals surface area contributed by atoms with Gasteiger partial charge < -0.3 is 9.47 Å². The average molecular weight is 321 g/mol. The molecule has 0 radical (unpaired) electrons. The third kappa shape index (κ3) is 3.65. The van der Waals surface area contributed by atoms with E-state index >= 15 is 0 Å². The molecule has 2 aromatic carbocycles. The summed E-state index contributed by atoms with van der Waals surface area (Å²) in [4.78, 5) is 12.0. The quantitative estimate of drug-likeness (QED) is 0.605. The lowest BCUT2D eigenvalue weighted by atomic mass is 10.1. The number of carbonyl (C=O) groups excluding carboxylic acids is 1. The fourth-order valence-electron chi connectivity index (χ4n) is 1.87. The van der Waals surface area contributed by atoms with Crippen LogP contribution in [0.25, 0.3) is 6.08 Å². The van der Waals surface area contributed by atoms with E-state index in [0.717, 1.165) is 5.56 Å². The molecule has 0 aliphatic heterocycles. The number of halogens is 2. The summed E-state index contributed by atoms with van der Waals surface area (Å²) in [6.07, 6.45) is 3.03. The molecule has 2 rings (SSSR count). The van der Waals surface area contributed by atoms with Crippen molar-refractivity contribution in [1.29, 1.82) is 0 Å². The van der Waals surface area contributed by atoms with Gasteiger partial charge in [-0.05, 0) is 42.0 Å². The second-order valence-corrected chi connectivity index (χ2v) is 4.85. The maximum Gasteiger partial charge on any atom is 0.185 e. The zero-order valence-corrected chi connectivity index (χ0v) is 12.9. The van der Waals surface area contributed by atoms with Crippen molar-refractivity contribution in [3.8, 4) is 11.5 Å². The zero-order valence-electron chi connectivity index (χ0n) is 12.1. The number of ether oxygens (including phenoxy) is 2. The van der Waals surface area contributed by atoms with Crippen molar-refractivity contribution in [3.05, 3.63) is 64.4 Å². The topological polar surface area (TPSA) is 35.5 Å². The van der Waals surface area contributed by atoms with Crippen molar-refractivity contribution in [2.45, 2.75) is 0 Å². The number of carbonyl (C=O) groups is 1. The van der Waals surface area contributed by atoms with E-state index in [1.54, 1.807) is 31.4 Å². The Bertz CT molecular complexity index is 726. The van der Waals surface area contributed by atoms with Crippen LogP contribution in [0.4, 0.5) is 4.39 Å². The van der Waals surface area contributed by atoms with Gasteiger partial charge in [0.1, 0.15) is 5.82 Å². The molecule has 22 heavy (non-hydrogen) atoms. The van der Waals surface area contributed by atoms with Crippen LogP contribution < -0.4 is 9.47 Å². The molecular weight excluding hydrogens is 307 g/mol. The zero-order chi connectivity index (χ0) is 16.1. The molecule has 114 valence electrons. The van der Waals surface area contributed by atoms with Crippen LogP contribution in [-0.4, -0.2) is 20.0 Å². The molecule has 0 N–H and O–H groups in total. The molecule has 0 fully saturated rings. The number of ketones is 1. The van der Waals surface area contributed by atoms with Crippen LogP contribution in [0.3, 0.4) is 0 Å². The minimum Gasteiger partial charge on any atom is -0.493 e. The third-order valence-electron chi connectivity index (χ3n) is 3.04. The molecule has 0 amide bonds. The van der Waals surface area contributed by atoms with Gasteiger partial charge in [0.2, 0.25) is 0 Å². The second-order valence-electron chi connectivity index (χ2n) is 4.44. The van der Waals surface area contributed by atoms with Gasteiger partial charge in [-0.2, -0.15) is 0 Å². The molecule has 0 atom stereocenters. The molecule has 3 nitrogen and oxygen atoms in total. The van der Waals surface area contributed by atoms with Crippen molar-refractivity contribution in [3.63, 3.8) is 0 Å². The molecule has 0 aliphatic carbocycles. The van der Waals surface area contributed by atoms with Crippen LogP contribution in [0.15, 0.2) is 42.5 Å². The largest absolute Gasteiger partial charge is 0.493 e. The lowest BCUT2D eigenvalue weighted by Gasteiger charge is -2.07. The van der Waals surface area contributed by atoms with E-state index in [0.29, 0.717) is 17.1 Å². The standard InChI is InChI=1S/C17H14ClFO3/c1-21-16-8-4-11(9-17(16)22-2)3-7-15(20)12-5-6-14(19)13(18)10-12/h3-10H,1-2H3/b7-3+. The van der Waals surface area contributed by atoms with Crippen molar-refractivity contribution in [1.82, 2.24) is 0 Å². The first-order valence-electron chi connectivity index (χ1n) is 6.44. The summed E-state index contributed by atoms with van der Waals surface area (Å²) >= 11 is 5.67. The first-order chi connectivity index (χ1) is 10.5. The number of hydrogen-bond donors (Lipinski definition) is 0. The van der Waals surface area contributed by atoms with Gasteiger partial charge in [0.15, 0.2) is 17.3 Å². The smallest absolute Gasteiger partial charge is 0.185 e. The first kappa shape index (κ1) is 16.0. The van der Waals surface area contributed by atoms with E-state index in [-0.39, 0.29) is 10.8 Å². The number of allylic oxidation sites excluding steroid dienone is 1. The minimum absolute atomic E-state index is 0.0784. The molecular formula is C17H14ClFO3. The summed E-state index contributed by atoms with van der Waals surface area (Å²) in [6, 6.07) is 9.15. The Balaban J connectivity index is 2.20. The van der Waals surface area contributed by atoms with E-state index in [1.165, 1.54) is 31.4 Å². The maximum atomic E-state index is 13.1. The number of hydrogen-bond acceptors (Lipinski definition) is 3. The van der Waals surface area contributed by atoms with Gasteiger partial charge in [-0.3, -0.25) is 4.79 Å². The Morgan fingerprint density at radius 1 is 1.09 bits per heavy atom. The van der Waals surface area contributed by atoms with Crippen LogP contribution in [0.5, 0.6) is 11.5 Å². The lowest BCUT2D eigenvalue weighted by molar-refractivity contribution is 0.104. The normalized spacial score (nSPS) is 10.7. The Hall–Kier alpha value is -2.33. The second kappa shape index (κ2) is 7.09. The van der Waals surface area contributed by atoms with Gasteiger partial charge in [-0.15, -0.1) is 0 Å². The predicted octanol–water partition coefficient (Wildman–Crippen LogP) is 4.39. The van der Waals surface area contributed by atoms with Gasteiger partial charge in [-0.1, -0.05) is 23.7 Å². The highest BCUT2D eigenvalue weighted by Crippen LogP contribution is 2.28. The number of rotatable bonds is 5. The van der Waals surface area contributed by atoms with Crippen LogP contribution >= 0.6 is 11.6 Å². The summed E-state index contributed by atoms with van der Waals surface area (Å²) in [6.45, 7) is 0. The fourth-order valence-corrected chi connectivity index (χ4v) is 2.05. The van der Waals surface area contributed by atoms with Crippen LogP contribution in [0.1, 0.15) is 15.9 Å².